The van der Waals surface area contributed by atoms with E-state index < -0.39 is 72.0 Å². The molecule has 14 heteroatoms. The van der Waals surface area contributed by atoms with Gasteiger partial charge in [-0.25, -0.2) is 4.79 Å². The summed E-state index contributed by atoms with van der Waals surface area (Å²) in [7, 11) is 0. The number of carbonyl (C=O) groups excluding carboxylic acids is 4. The molecule has 4 amide bonds. The summed E-state index contributed by atoms with van der Waals surface area (Å²) in [5, 5.41) is 48.4. The number of unbranched alkanes of at least 4 members (excludes halogenated alkanes) is 1. The monoisotopic (exact) mass is 567 g/mol. The Hall–Kier alpha value is -3.91. The van der Waals surface area contributed by atoms with E-state index in [1.165, 1.54) is 6.07 Å². The number of amides is 4. The first-order chi connectivity index (χ1) is 18.9. The fraction of sp³-hybridized carbons (Fsp3) is 0.577. The van der Waals surface area contributed by atoms with E-state index in [1.54, 1.807) is 20.8 Å². The Bertz CT molecular complexity index is 1040. The van der Waals surface area contributed by atoms with Crippen molar-refractivity contribution < 1.29 is 44.4 Å². The average molecular weight is 568 g/mol. The Balaban J connectivity index is 3.06. The molecule has 0 fully saturated rings. The maximum absolute atomic E-state index is 13.1. The lowest BCUT2D eigenvalue weighted by Crippen LogP contribution is -2.59. The highest BCUT2D eigenvalue weighted by Gasteiger charge is 2.33. The number of hydrogen-bond donors (Lipinski definition) is 9. The second-order valence-electron chi connectivity index (χ2n) is 9.44. The summed E-state index contributed by atoms with van der Waals surface area (Å²) in [6.07, 6.45) is 1.64. The van der Waals surface area contributed by atoms with E-state index in [-0.39, 0.29) is 24.2 Å². The number of phenols is 2. The number of aromatic hydroxyl groups is 2. The lowest BCUT2D eigenvalue weighted by molar-refractivity contribution is -0.142. The van der Waals surface area contributed by atoms with Crippen molar-refractivity contribution >= 4 is 29.6 Å². The van der Waals surface area contributed by atoms with Crippen molar-refractivity contribution in [2.75, 3.05) is 13.2 Å². The van der Waals surface area contributed by atoms with E-state index in [2.05, 4.69) is 21.3 Å². The zero-order chi connectivity index (χ0) is 30.4. The normalized spacial score (nSPS) is 14.6. The molecule has 0 aliphatic rings. The summed E-state index contributed by atoms with van der Waals surface area (Å²) in [5.74, 6) is -5.64. The number of benzene rings is 1. The van der Waals surface area contributed by atoms with Gasteiger partial charge in [0.25, 0.3) is 5.91 Å². The number of hydrogen-bond acceptors (Lipinski definition) is 9. The Morgan fingerprint density at radius 3 is 2.02 bits per heavy atom. The largest absolute Gasteiger partial charge is 0.508 e. The molecule has 0 aliphatic carbocycles. The summed E-state index contributed by atoms with van der Waals surface area (Å²) >= 11 is 0. The molecule has 40 heavy (non-hydrogen) atoms. The molecule has 224 valence electrons. The van der Waals surface area contributed by atoms with Crippen LogP contribution in [0, 0.1) is 5.92 Å². The van der Waals surface area contributed by atoms with E-state index in [9.17, 15) is 44.4 Å². The van der Waals surface area contributed by atoms with Crippen LogP contribution in [0.1, 0.15) is 63.2 Å². The van der Waals surface area contributed by atoms with Crippen molar-refractivity contribution in [2.45, 2.75) is 77.0 Å². The maximum Gasteiger partial charge on any atom is 0.326 e. The van der Waals surface area contributed by atoms with Crippen LogP contribution in [0.4, 0.5) is 0 Å². The fourth-order valence-electron chi connectivity index (χ4n) is 3.73. The van der Waals surface area contributed by atoms with Crippen molar-refractivity contribution in [2.24, 2.45) is 11.7 Å². The van der Waals surface area contributed by atoms with Gasteiger partial charge in [-0.3, -0.25) is 19.2 Å². The SMILES string of the molecule is CC[C@H](NC(=O)[C@@H](NC(=O)[C@H](CO)NC(=O)[C@H](CCCCN)NC(=O)c1cc(O)ccc1O)[C@@H](C)CC)C(=O)O. The topological polar surface area (TPSA) is 240 Å². The van der Waals surface area contributed by atoms with Gasteiger partial charge in [0, 0.05) is 0 Å². The van der Waals surface area contributed by atoms with Gasteiger partial charge in [-0.2, -0.15) is 0 Å². The van der Waals surface area contributed by atoms with Crippen LogP contribution in [0.2, 0.25) is 0 Å². The van der Waals surface area contributed by atoms with Gasteiger partial charge in [0.1, 0.15) is 35.7 Å². The molecule has 10 N–H and O–H groups in total. The van der Waals surface area contributed by atoms with Crippen molar-refractivity contribution in [3.63, 3.8) is 0 Å². The second kappa shape index (κ2) is 16.9. The number of carbonyl (C=O) groups is 5. The molecule has 0 unspecified atom stereocenters. The molecule has 0 aromatic heterocycles. The van der Waals surface area contributed by atoms with E-state index in [0.717, 1.165) is 12.1 Å². The number of nitrogens with one attached hydrogen (secondary N) is 4. The molecule has 0 heterocycles. The van der Waals surface area contributed by atoms with E-state index in [4.69, 9.17) is 5.73 Å². The summed E-state index contributed by atoms with van der Waals surface area (Å²) in [6, 6.07) is -1.69. The zero-order valence-electron chi connectivity index (χ0n) is 23.0. The highest BCUT2D eigenvalue weighted by Crippen LogP contribution is 2.22. The molecule has 0 saturated heterocycles. The minimum atomic E-state index is -1.50. The van der Waals surface area contributed by atoms with Gasteiger partial charge in [0.05, 0.1) is 12.2 Å². The van der Waals surface area contributed by atoms with E-state index in [1.807, 2.05) is 0 Å². The molecule has 14 nitrogen and oxygen atoms in total. The van der Waals surface area contributed by atoms with Crippen LogP contribution >= 0.6 is 0 Å². The number of phenolic OH excluding ortho intramolecular Hbond substituents is 2. The summed E-state index contributed by atoms with van der Waals surface area (Å²) in [6.45, 7) is 4.53. The number of aliphatic hydroxyl groups excluding tert-OH is 1. The Kier molecular flexibility index (Phi) is 14.4. The molecule has 5 atom stereocenters. The molecule has 0 bridgehead atoms. The molecule has 0 spiro atoms. The van der Waals surface area contributed by atoms with Crippen molar-refractivity contribution in [1.82, 2.24) is 21.3 Å². The number of rotatable bonds is 17. The van der Waals surface area contributed by atoms with Crippen molar-refractivity contribution in [3.8, 4) is 11.5 Å². The molecular formula is C26H41N5O9. The van der Waals surface area contributed by atoms with Gasteiger partial charge in [0.15, 0.2) is 0 Å². The van der Waals surface area contributed by atoms with Gasteiger partial charge >= 0.3 is 5.97 Å². The summed E-state index contributed by atoms with van der Waals surface area (Å²) in [5.41, 5.74) is 5.25. The highest BCUT2D eigenvalue weighted by molar-refractivity contribution is 6.00. The van der Waals surface area contributed by atoms with Crippen LogP contribution in [0.15, 0.2) is 18.2 Å². The molecule has 1 aromatic rings. The molecule has 0 radical (unpaired) electrons. The van der Waals surface area contributed by atoms with Crippen LogP contribution in [0.5, 0.6) is 11.5 Å². The summed E-state index contributed by atoms with van der Waals surface area (Å²) in [4.78, 5) is 63.0. The molecular weight excluding hydrogens is 526 g/mol. The fourth-order valence-corrected chi connectivity index (χ4v) is 3.73. The average Bonchev–Trinajstić information content (AvgIpc) is 2.92. The second-order valence-corrected chi connectivity index (χ2v) is 9.44. The number of carboxylic acid groups (broad SMARTS) is 1. The molecule has 1 aromatic carbocycles. The zero-order valence-corrected chi connectivity index (χ0v) is 23.0. The molecule has 1 rings (SSSR count). The first-order valence-corrected chi connectivity index (χ1v) is 13.2. The summed E-state index contributed by atoms with van der Waals surface area (Å²) < 4.78 is 0. The molecule has 0 aliphatic heterocycles. The highest BCUT2D eigenvalue weighted by atomic mass is 16.4. The lowest BCUT2D eigenvalue weighted by Gasteiger charge is -2.28. The van der Waals surface area contributed by atoms with Crippen molar-refractivity contribution in [3.05, 3.63) is 23.8 Å². The smallest absolute Gasteiger partial charge is 0.326 e. The predicted octanol–water partition coefficient (Wildman–Crippen LogP) is -0.687. The minimum absolute atomic E-state index is 0.111. The van der Waals surface area contributed by atoms with Gasteiger partial charge < -0.3 is 47.4 Å². The Morgan fingerprint density at radius 2 is 1.48 bits per heavy atom. The quantitative estimate of drug-likeness (QED) is 0.0848. The third kappa shape index (κ3) is 10.3. The van der Waals surface area contributed by atoms with Crippen LogP contribution in [0.25, 0.3) is 0 Å². The number of carboxylic acids is 1. The van der Waals surface area contributed by atoms with Gasteiger partial charge in [0.2, 0.25) is 17.7 Å². The van der Waals surface area contributed by atoms with Gasteiger partial charge in [-0.1, -0.05) is 27.2 Å². The number of aliphatic hydroxyl groups is 1. The van der Waals surface area contributed by atoms with Crippen LogP contribution in [-0.2, 0) is 19.2 Å². The van der Waals surface area contributed by atoms with Crippen LogP contribution < -0.4 is 27.0 Å². The lowest BCUT2D eigenvalue weighted by atomic mass is 9.97. The third-order valence-corrected chi connectivity index (χ3v) is 6.43. The Labute approximate surface area is 232 Å². The number of nitrogens with two attached hydrogens (primary N) is 1. The number of aliphatic carboxylic acids is 1. The van der Waals surface area contributed by atoms with Crippen LogP contribution in [-0.4, -0.2) is 87.3 Å². The van der Waals surface area contributed by atoms with E-state index >= 15 is 0 Å². The Morgan fingerprint density at radius 1 is 0.850 bits per heavy atom. The standard InChI is InChI=1S/C26H41N5O9/c1-4-14(3)21(25(38)28-17(5-2)26(39)40)31-24(37)19(13-32)30-23(36)18(8-6-7-11-27)29-22(35)16-12-15(33)9-10-20(16)34/h9-10,12,14,17-19,21,32-34H,4-8,11,13,27H2,1-3H3,(H,28,38)(H,29,35)(H,30,36)(H,31,37)(H,39,40)/t14-,17-,18-,19-,21-/m0/s1. The third-order valence-electron chi connectivity index (χ3n) is 6.43. The minimum Gasteiger partial charge on any atom is -0.508 e. The predicted molar refractivity (Wildman–Crippen MR) is 144 cm³/mol. The van der Waals surface area contributed by atoms with Crippen LogP contribution in [0.3, 0.4) is 0 Å². The first-order valence-electron chi connectivity index (χ1n) is 13.2. The van der Waals surface area contributed by atoms with E-state index in [0.29, 0.717) is 25.8 Å². The van der Waals surface area contributed by atoms with Gasteiger partial charge in [-0.15, -0.1) is 0 Å². The van der Waals surface area contributed by atoms with Crippen molar-refractivity contribution in [1.29, 1.82) is 0 Å². The maximum atomic E-state index is 13.1. The molecule has 0 saturated carbocycles. The first kappa shape index (κ1) is 34.1. The van der Waals surface area contributed by atoms with Gasteiger partial charge in [-0.05, 0) is 56.3 Å².